The number of hydrogen-bond acceptors (Lipinski definition) is 2. The zero-order valence-corrected chi connectivity index (χ0v) is 9.44. The average molecular weight is 237 g/mol. The fraction of sp³-hybridized carbons (Fsp3) is 0.818. The van der Waals surface area contributed by atoms with Crippen molar-refractivity contribution in [2.75, 3.05) is 19.8 Å². The van der Waals surface area contributed by atoms with E-state index < -0.39 is 12.1 Å². The predicted molar refractivity (Wildman–Crippen MR) is 55.9 cm³/mol. The van der Waals surface area contributed by atoms with Crippen molar-refractivity contribution < 1.29 is 17.9 Å². The maximum Gasteiger partial charge on any atom is 0.393 e. The molecular weight excluding hydrogens is 219 g/mol. The van der Waals surface area contributed by atoms with Gasteiger partial charge in [-0.2, -0.15) is 13.2 Å². The van der Waals surface area contributed by atoms with Crippen LogP contribution in [-0.2, 0) is 4.74 Å². The lowest BCUT2D eigenvalue weighted by molar-refractivity contribution is -0.193. The van der Waals surface area contributed by atoms with Gasteiger partial charge in [-0.15, -0.1) is 0 Å². The SMILES string of the molecule is C=C(C)NC[C@@H](C1CCOCC1)C(F)(F)F. The molecule has 1 atom stereocenters. The van der Waals surface area contributed by atoms with Crippen LogP contribution in [-0.4, -0.2) is 25.9 Å². The van der Waals surface area contributed by atoms with Gasteiger partial charge in [0.15, 0.2) is 0 Å². The fourth-order valence-electron chi connectivity index (χ4n) is 1.95. The highest BCUT2D eigenvalue weighted by Crippen LogP contribution is 2.36. The van der Waals surface area contributed by atoms with E-state index in [9.17, 15) is 13.2 Å². The van der Waals surface area contributed by atoms with Crippen LogP contribution in [0.3, 0.4) is 0 Å². The first-order valence-electron chi connectivity index (χ1n) is 5.45. The molecule has 0 bridgehead atoms. The Morgan fingerprint density at radius 2 is 2.00 bits per heavy atom. The van der Waals surface area contributed by atoms with Gasteiger partial charge in [-0.05, 0) is 25.7 Å². The van der Waals surface area contributed by atoms with Gasteiger partial charge in [0.25, 0.3) is 0 Å². The summed E-state index contributed by atoms with van der Waals surface area (Å²) in [5, 5.41) is 2.69. The summed E-state index contributed by atoms with van der Waals surface area (Å²) in [5.41, 5.74) is 0.571. The van der Waals surface area contributed by atoms with E-state index in [2.05, 4.69) is 11.9 Å². The molecule has 0 aliphatic carbocycles. The molecule has 2 nitrogen and oxygen atoms in total. The largest absolute Gasteiger partial charge is 0.393 e. The number of alkyl halides is 3. The number of allylic oxidation sites excluding steroid dienone is 1. The fourth-order valence-corrected chi connectivity index (χ4v) is 1.95. The molecule has 16 heavy (non-hydrogen) atoms. The van der Waals surface area contributed by atoms with Crippen LogP contribution in [0.4, 0.5) is 13.2 Å². The normalized spacial score (nSPS) is 20.5. The van der Waals surface area contributed by atoms with E-state index in [1.165, 1.54) is 0 Å². The quantitative estimate of drug-likeness (QED) is 0.811. The summed E-state index contributed by atoms with van der Waals surface area (Å²) in [7, 11) is 0. The van der Waals surface area contributed by atoms with E-state index in [1.54, 1.807) is 6.92 Å². The highest BCUT2D eigenvalue weighted by molar-refractivity contribution is 4.88. The Labute approximate surface area is 93.9 Å². The molecule has 1 rings (SSSR count). The first-order chi connectivity index (χ1) is 7.41. The summed E-state index contributed by atoms with van der Waals surface area (Å²) >= 11 is 0. The molecule has 0 unspecified atom stereocenters. The minimum absolute atomic E-state index is 0.0799. The second-order valence-electron chi connectivity index (χ2n) is 4.26. The minimum Gasteiger partial charge on any atom is -0.388 e. The summed E-state index contributed by atoms with van der Waals surface area (Å²) in [4.78, 5) is 0. The third-order valence-electron chi connectivity index (χ3n) is 2.88. The molecule has 1 aliphatic heterocycles. The molecule has 0 spiro atoms. The van der Waals surface area contributed by atoms with E-state index in [1.807, 2.05) is 0 Å². The third-order valence-corrected chi connectivity index (χ3v) is 2.88. The van der Waals surface area contributed by atoms with E-state index >= 15 is 0 Å². The molecule has 1 aliphatic rings. The zero-order chi connectivity index (χ0) is 12.2. The van der Waals surface area contributed by atoms with Gasteiger partial charge >= 0.3 is 6.18 Å². The lowest BCUT2D eigenvalue weighted by Gasteiger charge is -2.32. The molecule has 1 heterocycles. The Kier molecular flexibility index (Phi) is 4.65. The number of nitrogens with one attached hydrogen (secondary N) is 1. The number of hydrogen-bond donors (Lipinski definition) is 1. The summed E-state index contributed by atoms with van der Waals surface area (Å²) in [6.07, 6.45) is -3.17. The van der Waals surface area contributed by atoms with Crippen molar-refractivity contribution in [1.29, 1.82) is 0 Å². The van der Waals surface area contributed by atoms with Crippen LogP contribution in [0.1, 0.15) is 19.8 Å². The van der Waals surface area contributed by atoms with Crippen LogP contribution in [0.5, 0.6) is 0 Å². The van der Waals surface area contributed by atoms with Gasteiger partial charge in [-0.3, -0.25) is 0 Å². The Bertz CT molecular complexity index is 234. The van der Waals surface area contributed by atoms with Gasteiger partial charge < -0.3 is 10.1 Å². The van der Waals surface area contributed by atoms with E-state index in [-0.39, 0.29) is 12.5 Å². The van der Waals surface area contributed by atoms with Gasteiger partial charge in [-0.1, -0.05) is 6.58 Å². The van der Waals surface area contributed by atoms with Crippen molar-refractivity contribution >= 4 is 0 Å². The number of halogens is 3. The lowest BCUT2D eigenvalue weighted by atomic mass is 9.85. The van der Waals surface area contributed by atoms with Crippen LogP contribution in [0.15, 0.2) is 12.3 Å². The summed E-state index contributed by atoms with van der Waals surface area (Å²) < 4.78 is 43.6. The average Bonchev–Trinajstić information content (AvgIpc) is 2.17. The van der Waals surface area contributed by atoms with Crippen molar-refractivity contribution in [2.24, 2.45) is 11.8 Å². The molecule has 0 aromatic rings. The molecule has 0 radical (unpaired) electrons. The summed E-state index contributed by atoms with van der Waals surface area (Å²) in [5.74, 6) is -1.63. The Morgan fingerprint density at radius 3 is 2.44 bits per heavy atom. The topological polar surface area (TPSA) is 21.3 Å². The third kappa shape index (κ3) is 4.04. The molecule has 1 fully saturated rings. The van der Waals surface area contributed by atoms with Crippen LogP contribution in [0.25, 0.3) is 0 Å². The monoisotopic (exact) mass is 237 g/mol. The second kappa shape index (κ2) is 5.57. The molecular formula is C11H18F3NO. The Morgan fingerprint density at radius 1 is 1.44 bits per heavy atom. The first kappa shape index (κ1) is 13.4. The first-order valence-corrected chi connectivity index (χ1v) is 5.45. The molecule has 1 saturated heterocycles. The highest BCUT2D eigenvalue weighted by Gasteiger charge is 2.44. The Hall–Kier alpha value is -0.710. The van der Waals surface area contributed by atoms with Gasteiger partial charge in [0, 0.05) is 25.5 Å². The van der Waals surface area contributed by atoms with Crippen LogP contribution >= 0.6 is 0 Å². The number of rotatable bonds is 4. The number of ether oxygens (including phenoxy) is 1. The lowest BCUT2D eigenvalue weighted by Crippen LogP contribution is -2.40. The molecule has 5 heteroatoms. The zero-order valence-electron chi connectivity index (χ0n) is 9.44. The van der Waals surface area contributed by atoms with Crippen molar-refractivity contribution in [1.82, 2.24) is 5.32 Å². The van der Waals surface area contributed by atoms with Crippen molar-refractivity contribution in [2.45, 2.75) is 25.9 Å². The highest BCUT2D eigenvalue weighted by atomic mass is 19.4. The van der Waals surface area contributed by atoms with Gasteiger partial charge in [0.05, 0.1) is 5.92 Å². The molecule has 1 N–H and O–H groups in total. The van der Waals surface area contributed by atoms with Gasteiger partial charge in [0.2, 0.25) is 0 Å². The van der Waals surface area contributed by atoms with Crippen molar-refractivity contribution in [3.8, 4) is 0 Å². The maximum atomic E-state index is 12.8. The van der Waals surface area contributed by atoms with Crippen molar-refractivity contribution in [3.63, 3.8) is 0 Å². The Balaban J connectivity index is 2.58. The second-order valence-corrected chi connectivity index (χ2v) is 4.26. The molecule has 0 saturated carbocycles. The van der Waals surface area contributed by atoms with E-state index in [0.717, 1.165) is 0 Å². The van der Waals surface area contributed by atoms with Crippen LogP contribution < -0.4 is 5.32 Å². The molecule has 0 aromatic heterocycles. The maximum absolute atomic E-state index is 12.8. The minimum atomic E-state index is -4.15. The van der Waals surface area contributed by atoms with E-state index in [0.29, 0.717) is 31.8 Å². The molecule has 94 valence electrons. The van der Waals surface area contributed by atoms with Crippen LogP contribution in [0, 0.1) is 11.8 Å². The van der Waals surface area contributed by atoms with Crippen molar-refractivity contribution in [3.05, 3.63) is 12.3 Å². The summed E-state index contributed by atoms with van der Waals surface area (Å²) in [6, 6.07) is 0. The van der Waals surface area contributed by atoms with Gasteiger partial charge in [-0.25, -0.2) is 0 Å². The molecule has 0 amide bonds. The van der Waals surface area contributed by atoms with E-state index in [4.69, 9.17) is 4.74 Å². The molecule has 0 aromatic carbocycles. The standard InChI is InChI=1S/C11H18F3NO/c1-8(2)15-7-10(11(12,13)14)9-3-5-16-6-4-9/h9-10,15H,1,3-7H2,2H3/t10-/m0/s1. The van der Waals surface area contributed by atoms with Gasteiger partial charge in [0.1, 0.15) is 0 Å². The smallest absolute Gasteiger partial charge is 0.388 e. The van der Waals surface area contributed by atoms with Crippen LogP contribution in [0.2, 0.25) is 0 Å². The summed E-state index contributed by atoms with van der Waals surface area (Å²) in [6.45, 7) is 6.01. The predicted octanol–water partition coefficient (Wildman–Crippen LogP) is 2.71.